The van der Waals surface area contributed by atoms with Crippen LogP contribution in [0.5, 0.6) is 0 Å². The lowest BCUT2D eigenvalue weighted by Crippen LogP contribution is -2.54. The Balaban J connectivity index is 2.37. The van der Waals surface area contributed by atoms with Gasteiger partial charge in [-0.2, -0.15) is 0 Å². The predicted molar refractivity (Wildman–Crippen MR) is 55.6 cm³/mol. The fourth-order valence-electron chi connectivity index (χ4n) is 2.28. The van der Waals surface area contributed by atoms with E-state index in [1.54, 1.807) is 20.5 Å². The van der Waals surface area contributed by atoms with Crippen LogP contribution in [-0.2, 0) is 21.4 Å². The minimum atomic E-state index is -0.402. The average molecular weight is 211 g/mol. The van der Waals surface area contributed by atoms with E-state index in [2.05, 4.69) is 5.32 Å². The van der Waals surface area contributed by atoms with Gasteiger partial charge in [-0.1, -0.05) is 0 Å². The Kier molecular flexibility index (Phi) is 2.82. The van der Waals surface area contributed by atoms with E-state index in [0.29, 0.717) is 0 Å². The van der Waals surface area contributed by atoms with Gasteiger partial charge in [0, 0.05) is 20.8 Å². The van der Waals surface area contributed by atoms with E-state index < -0.39 is 5.54 Å². The third-order valence-electron chi connectivity index (χ3n) is 3.00. The minimum absolute atomic E-state index is 0.345. The van der Waals surface area contributed by atoms with E-state index >= 15 is 0 Å². The fraction of sp³-hybridized carbons (Fsp3) is 0.636. The second-order valence-electron chi connectivity index (χ2n) is 3.96. The molecule has 0 radical (unpaired) electrons. The van der Waals surface area contributed by atoms with Crippen LogP contribution in [0.3, 0.4) is 0 Å². The highest BCUT2D eigenvalue weighted by Crippen LogP contribution is 2.33. The summed E-state index contributed by atoms with van der Waals surface area (Å²) in [5.41, 5.74) is 0.830. The van der Waals surface area contributed by atoms with E-state index in [9.17, 15) is 0 Å². The van der Waals surface area contributed by atoms with Gasteiger partial charge in [0.05, 0.1) is 6.26 Å². The van der Waals surface area contributed by atoms with Gasteiger partial charge in [-0.25, -0.2) is 0 Å². The molecule has 1 aromatic heterocycles. The molecule has 0 spiro atoms. The van der Waals surface area contributed by atoms with Gasteiger partial charge in [0.1, 0.15) is 11.3 Å². The molecule has 1 aliphatic heterocycles. The maximum atomic E-state index is 5.53. The summed E-state index contributed by atoms with van der Waals surface area (Å²) in [4.78, 5) is 0. The maximum absolute atomic E-state index is 5.53. The van der Waals surface area contributed by atoms with Gasteiger partial charge >= 0.3 is 0 Å². The lowest BCUT2D eigenvalue weighted by molar-refractivity contribution is -0.160. The van der Waals surface area contributed by atoms with Crippen LogP contribution in [0.15, 0.2) is 16.7 Å². The molecule has 4 nitrogen and oxygen atoms in total. The van der Waals surface area contributed by atoms with Crippen molar-refractivity contribution in [3.8, 4) is 0 Å². The van der Waals surface area contributed by atoms with Crippen LogP contribution in [0.1, 0.15) is 18.2 Å². The molecule has 1 N–H and O–H groups in total. The van der Waals surface area contributed by atoms with Gasteiger partial charge < -0.3 is 19.2 Å². The highest BCUT2D eigenvalue weighted by atomic mass is 16.7. The lowest BCUT2D eigenvalue weighted by Gasteiger charge is -2.38. The van der Waals surface area contributed by atoms with Crippen molar-refractivity contribution in [2.75, 3.05) is 20.8 Å². The van der Waals surface area contributed by atoms with Crippen molar-refractivity contribution < 1.29 is 13.9 Å². The second-order valence-corrected chi connectivity index (χ2v) is 3.96. The Bertz CT molecular complexity index is 332. The molecule has 1 unspecified atom stereocenters. The zero-order chi connectivity index (χ0) is 10.9. The summed E-state index contributed by atoms with van der Waals surface area (Å²) in [6, 6.07) is 2.01. The molecule has 0 aromatic carbocycles. The molecule has 84 valence electrons. The Labute approximate surface area is 89.6 Å². The van der Waals surface area contributed by atoms with Crippen LogP contribution in [0.25, 0.3) is 0 Å². The number of furan rings is 1. The quantitative estimate of drug-likeness (QED) is 0.764. The van der Waals surface area contributed by atoms with Crippen molar-refractivity contribution in [2.24, 2.45) is 0 Å². The average Bonchev–Trinajstić information content (AvgIpc) is 2.69. The highest BCUT2D eigenvalue weighted by Gasteiger charge is 2.42. The Morgan fingerprint density at radius 3 is 2.87 bits per heavy atom. The van der Waals surface area contributed by atoms with Gasteiger partial charge in [-0.15, -0.1) is 0 Å². The van der Waals surface area contributed by atoms with Crippen molar-refractivity contribution in [1.29, 1.82) is 0 Å². The molecule has 0 bridgehead atoms. The van der Waals surface area contributed by atoms with Gasteiger partial charge in [0.2, 0.25) is 0 Å². The van der Waals surface area contributed by atoms with Crippen molar-refractivity contribution in [3.05, 3.63) is 23.7 Å². The van der Waals surface area contributed by atoms with Crippen molar-refractivity contribution in [3.63, 3.8) is 0 Å². The molecular weight excluding hydrogens is 194 g/mol. The monoisotopic (exact) mass is 211 g/mol. The number of nitrogens with one attached hydrogen (secondary N) is 1. The first-order valence-electron chi connectivity index (χ1n) is 5.10. The summed E-state index contributed by atoms with van der Waals surface area (Å²) in [5, 5.41) is 3.40. The summed E-state index contributed by atoms with van der Waals surface area (Å²) in [7, 11) is 3.27. The fourth-order valence-corrected chi connectivity index (χ4v) is 2.28. The molecule has 2 heterocycles. The van der Waals surface area contributed by atoms with Gasteiger partial charge in [0.25, 0.3) is 0 Å². The standard InChI is InChI=1S/C11H17NO3/c1-11(10(13-2)14-3)9-8(4-6-12-11)5-7-15-9/h5,7,10,12H,4,6H2,1-3H3. The van der Waals surface area contributed by atoms with Crippen LogP contribution < -0.4 is 5.32 Å². The molecule has 2 rings (SSSR count). The smallest absolute Gasteiger partial charge is 0.181 e. The topological polar surface area (TPSA) is 43.6 Å². The number of ether oxygens (including phenoxy) is 2. The Morgan fingerprint density at radius 1 is 1.47 bits per heavy atom. The molecular formula is C11H17NO3. The Morgan fingerprint density at radius 2 is 2.20 bits per heavy atom. The first-order valence-corrected chi connectivity index (χ1v) is 5.10. The third-order valence-corrected chi connectivity index (χ3v) is 3.00. The zero-order valence-corrected chi connectivity index (χ0v) is 9.37. The summed E-state index contributed by atoms with van der Waals surface area (Å²) in [5.74, 6) is 0.919. The minimum Gasteiger partial charge on any atom is -0.467 e. The van der Waals surface area contributed by atoms with Crippen molar-refractivity contribution in [2.45, 2.75) is 25.2 Å². The van der Waals surface area contributed by atoms with E-state index in [0.717, 1.165) is 18.7 Å². The highest BCUT2D eigenvalue weighted by molar-refractivity contribution is 5.28. The summed E-state index contributed by atoms with van der Waals surface area (Å²) >= 11 is 0. The summed E-state index contributed by atoms with van der Waals surface area (Å²) < 4.78 is 16.2. The molecule has 1 aliphatic rings. The number of hydrogen-bond acceptors (Lipinski definition) is 4. The van der Waals surface area contributed by atoms with Crippen LogP contribution >= 0.6 is 0 Å². The number of hydrogen-bond donors (Lipinski definition) is 1. The number of methoxy groups -OCH3 is 2. The normalized spacial score (nSPS) is 25.6. The van der Waals surface area contributed by atoms with Gasteiger partial charge in [-0.05, 0) is 25.0 Å². The van der Waals surface area contributed by atoms with Crippen molar-refractivity contribution >= 4 is 0 Å². The predicted octanol–water partition coefficient (Wildman–Crippen LogP) is 1.26. The first kappa shape index (κ1) is 10.7. The van der Waals surface area contributed by atoms with E-state index in [1.165, 1.54) is 5.56 Å². The van der Waals surface area contributed by atoms with Crippen LogP contribution in [0.2, 0.25) is 0 Å². The first-order chi connectivity index (χ1) is 7.22. The van der Waals surface area contributed by atoms with Gasteiger partial charge in [0.15, 0.2) is 6.29 Å². The van der Waals surface area contributed by atoms with Crippen LogP contribution in [0.4, 0.5) is 0 Å². The molecule has 0 saturated heterocycles. The molecule has 4 heteroatoms. The molecule has 15 heavy (non-hydrogen) atoms. The molecule has 1 aromatic rings. The zero-order valence-electron chi connectivity index (χ0n) is 9.37. The molecule has 0 saturated carbocycles. The van der Waals surface area contributed by atoms with E-state index in [4.69, 9.17) is 13.9 Å². The molecule has 1 atom stereocenters. The van der Waals surface area contributed by atoms with Crippen LogP contribution in [-0.4, -0.2) is 27.1 Å². The maximum Gasteiger partial charge on any atom is 0.181 e. The van der Waals surface area contributed by atoms with Crippen LogP contribution in [0, 0.1) is 0 Å². The summed E-state index contributed by atoms with van der Waals surface area (Å²) in [6.07, 6.45) is 2.36. The molecule has 0 fully saturated rings. The van der Waals surface area contributed by atoms with E-state index in [-0.39, 0.29) is 6.29 Å². The van der Waals surface area contributed by atoms with Crippen molar-refractivity contribution in [1.82, 2.24) is 5.32 Å². The number of rotatable bonds is 3. The largest absolute Gasteiger partial charge is 0.467 e. The number of fused-ring (bicyclic) bond motifs is 1. The second kappa shape index (κ2) is 3.96. The SMILES string of the molecule is COC(OC)C1(C)NCCc2ccoc21. The molecule has 0 aliphatic carbocycles. The Hall–Kier alpha value is -0.840. The third kappa shape index (κ3) is 1.58. The summed E-state index contributed by atoms with van der Waals surface area (Å²) in [6.45, 7) is 2.94. The molecule has 0 amide bonds. The van der Waals surface area contributed by atoms with Gasteiger partial charge in [-0.3, -0.25) is 0 Å². The van der Waals surface area contributed by atoms with E-state index in [1.807, 2.05) is 13.0 Å². The lowest BCUT2D eigenvalue weighted by atomic mass is 9.90.